The number of rotatable bonds is 2. The van der Waals surface area contributed by atoms with Gasteiger partial charge in [0.15, 0.2) is 0 Å². The molecule has 1 N–H and O–H groups in total. The van der Waals surface area contributed by atoms with Crippen molar-refractivity contribution in [3.05, 3.63) is 0 Å². The Bertz CT molecular complexity index is 371. The number of thioether (sulfide) groups is 1. The molecule has 108 valence electrons. The van der Waals surface area contributed by atoms with E-state index in [4.69, 9.17) is 0 Å². The quantitative estimate of drug-likeness (QED) is 0.840. The summed E-state index contributed by atoms with van der Waals surface area (Å²) in [7, 11) is 1.84. The minimum Gasteiger partial charge on any atom is -0.481 e. The van der Waals surface area contributed by atoms with Crippen LogP contribution in [0.2, 0.25) is 0 Å². The zero-order valence-corrected chi connectivity index (χ0v) is 12.4. The fraction of sp³-hybridized carbons (Fsp3) is 0.846. The van der Waals surface area contributed by atoms with Crippen molar-refractivity contribution in [2.45, 2.75) is 32.2 Å². The lowest BCUT2D eigenvalue weighted by Gasteiger charge is -2.40. The Kier molecular flexibility index (Phi) is 4.28. The SMILES string of the molecule is CN(C(=O)N1CCCC(C)(C(=O)O)C1)C1CCSC1. The number of urea groups is 1. The lowest BCUT2D eigenvalue weighted by atomic mass is 9.82. The van der Waals surface area contributed by atoms with Gasteiger partial charge in [0.05, 0.1) is 5.41 Å². The van der Waals surface area contributed by atoms with Crippen molar-refractivity contribution < 1.29 is 14.7 Å². The third kappa shape index (κ3) is 2.99. The number of carbonyl (C=O) groups excluding carboxylic acids is 1. The van der Waals surface area contributed by atoms with E-state index >= 15 is 0 Å². The van der Waals surface area contributed by atoms with Gasteiger partial charge in [-0.3, -0.25) is 4.79 Å². The van der Waals surface area contributed by atoms with E-state index < -0.39 is 11.4 Å². The van der Waals surface area contributed by atoms with Crippen LogP contribution in [-0.4, -0.2) is 64.6 Å². The van der Waals surface area contributed by atoms with E-state index in [9.17, 15) is 14.7 Å². The van der Waals surface area contributed by atoms with Crippen LogP contribution >= 0.6 is 11.8 Å². The van der Waals surface area contributed by atoms with E-state index in [1.807, 2.05) is 18.8 Å². The second kappa shape index (κ2) is 5.61. The van der Waals surface area contributed by atoms with Crippen molar-refractivity contribution in [3.63, 3.8) is 0 Å². The number of carboxylic acid groups (broad SMARTS) is 1. The molecule has 0 aliphatic carbocycles. The Morgan fingerprint density at radius 3 is 2.79 bits per heavy atom. The summed E-state index contributed by atoms with van der Waals surface area (Å²) >= 11 is 1.87. The molecule has 2 saturated heterocycles. The zero-order chi connectivity index (χ0) is 14.0. The van der Waals surface area contributed by atoms with Crippen molar-refractivity contribution in [2.75, 3.05) is 31.6 Å². The number of carbonyl (C=O) groups is 2. The molecule has 2 rings (SSSR count). The van der Waals surface area contributed by atoms with Gasteiger partial charge in [-0.05, 0) is 31.9 Å². The fourth-order valence-electron chi connectivity index (χ4n) is 2.78. The first-order valence-corrected chi connectivity index (χ1v) is 7.92. The molecule has 0 bridgehead atoms. The van der Waals surface area contributed by atoms with Gasteiger partial charge in [-0.1, -0.05) is 0 Å². The van der Waals surface area contributed by atoms with Gasteiger partial charge in [-0.15, -0.1) is 0 Å². The maximum absolute atomic E-state index is 12.4. The Labute approximate surface area is 118 Å². The van der Waals surface area contributed by atoms with Gasteiger partial charge in [-0.25, -0.2) is 4.79 Å². The summed E-state index contributed by atoms with van der Waals surface area (Å²) in [6.45, 7) is 2.73. The van der Waals surface area contributed by atoms with Crippen LogP contribution in [0, 0.1) is 5.41 Å². The van der Waals surface area contributed by atoms with Crippen LogP contribution in [0.4, 0.5) is 4.79 Å². The van der Waals surface area contributed by atoms with Crippen LogP contribution in [0.25, 0.3) is 0 Å². The van der Waals surface area contributed by atoms with Crippen molar-refractivity contribution in [2.24, 2.45) is 5.41 Å². The monoisotopic (exact) mass is 286 g/mol. The van der Waals surface area contributed by atoms with Crippen LogP contribution in [-0.2, 0) is 4.79 Å². The average molecular weight is 286 g/mol. The minimum atomic E-state index is -0.802. The Morgan fingerprint density at radius 2 is 2.21 bits per heavy atom. The topological polar surface area (TPSA) is 60.9 Å². The largest absolute Gasteiger partial charge is 0.481 e. The molecular formula is C13H22N2O3S. The Balaban J connectivity index is 2.00. The highest BCUT2D eigenvalue weighted by Crippen LogP contribution is 2.31. The smallest absolute Gasteiger partial charge is 0.320 e. The van der Waals surface area contributed by atoms with Gasteiger partial charge >= 0.3 is 12.0 Å². The lowest BCUT2D eigenvalue weighted by Crippen LogP contribution is -2.53. The number of aliphatic carboxylic acids is 1. The van der Waals surface area contributed by atoms with Crippen molar-refractivity contribution in [1.82, 2.24) is 9.80 Å². The summed E-state index contributed by atoms with van der Waals surface area (Å²) < 4.78 is 0. The summed E-state index contributed by atoms with van der Waals surface area (Å²) in [6, 6.07) is 0.287. The number of likely N-dealkylation sites (tertiary alicyclic amines) is 1. The van der Waals surface area contributed by atoms with Gasteiger partial charge in [0, 0.05) is 31.9 Å². The van der Waals surface area contributed by atoms with Gasteiger partial charge in [0.1, 0.15) is 0 Å². The lowest BCUT2D eigenvalue weighted by molar-refractivity contribution is -0.150. The van der Waals surface area contributed by atoms with Crippen LogP contribution < -0.4 is 0 Å². The van der Waals surface area contributed by atoms with E-state index in [1.54, 1.807) is 16.7 Å². The summed E-state index contributed by atoms with van der Waals surface area (Å²) in [6.07, 6.45) is 2.45. The van der Waals surface area contributed by atoms with Crippen molar-refractivity contribution in [3.8, 4) is 0 Å². The predicted octanol–water partition coefficient (Wildman–Crippen LogP) is 1.73. The maximum Gasteiger partial charge on any atom is 0.320 e. The summed E-state index contributed by atoms with van der Waals surface area (Å²) in [4.78, 5) is 27.3. The first-order chi connectivity index (χ1) is 8.94. The molecule has 6 heteroatoms. The zero-order valence-electron chi connectivity index (χ0n) is 11.6. The van der Waals surface area contributed by atoms with Crippen molar-refractivity contribution in [1.29, 1.82) is 0 Å². The van der Waals surface area contributed by atoms with Gasteiger partial charge in [0.2, 0.25) is 0 Å². The molecule has 0 saturated carbocycles. The summed E-state index contributed by atoms with van der Waals surface area (Å²) in [5.41, 5.74) is -0.792. The summed E-state index contributed by atoms with van der Waals surface area (Å²) in [5.74, 6) is 1.30. The molecule has 19 heavy (non-hydrogen) atoms. The maximum atomic E-state index is 12.4. The highest BCUT2D eigenvalue weighted by molar-refractivity contribution is 7.99. The molecule has 0 aromatic carbocycles. The predicted molar refractivity (Wildman–Crippen MR) is 75.4 cm³/mol. The number of hydrogen-bond donors (Lipinski definition) is 1. The van der Waals surface area contributed by atoms with Crippen molar-refractivity contribution >= 4 is 23.8 Å². The van der Waals surface area contributed by atoms with Crippen LogP contribution in [0.5, 0.6) is 0 Å². The molecule has 0 radical (unpaired) electrons. The highest BCUT2D eigenvalue weighted by Gasteiger charge is 2.40. The van der Waals surface area contributed by atoms with E-state index in [0.717, 1.165) is 24.3 Å². The number of carboxylic acids is 1. The van der Waals surface area contributed by atoms with Crippen LogP contribution in [0.3, 0.4) is 0 Å². The number of piperidine rings is 1. The fourth-order valence-corrected chi connectivity index (χ4v) is 4.05. The standard InChI is InChI=1S/C13H22N2O3S/c1-13(11(16)17)5-3-6-15(9-13)12(18)14(2)10-4-7-19-8-10/h10H,3-9H2,1-2H3,(H,16,17). The Morgan fingerprint density at radius 1 is 1.47 bits per heavy atom. The van der Waals surface area contributed by atoms with Gasteiger partial charge in [0.25, 0.3) is 0 Å². The Hall–Kier alpha value is -0.910. The second-order valence-corrected chi connectivity index (χ2v) is 6.95. The first kappa shape index (κ1) is 14.5. The van der Waals surface area contributed by atoms with E-state index in [1.165, 1.54) is 0 Å². The van der Waals surface area contributed by atoms with Gasteiger partial charge < -0.3 is 14.9 Å². The van der Waals surface area contributed by atoms with Crippen LogP contribution in [0.1, 0.15) is 26.2 Å². The summed E-state index contributed by atoms with van der Waals surface area (Å²) in [5, 5.41) is 9.29. The molecule has 0 aromatic rings. The van der Waals surface area contributed by atoms with Crippen LogP contribution in [0.15, 0.2) is 0 Å². The minimum absolute atomic E-state index is 0.0142. The number of nitrogens with zero attached hydrogens (tertiary/aromatic N) is 2. The third-order valence-corrected chi connectivity index (χ3v) is 5.38. The highest BCUT2D eigenvalue weighted by atomic mass is 32.2. The number of amides is 2. The molecule has 2 fully saturated rings. The molecule has 2 heterocycles. The normalized spacial score (nSPS) is 31.3. The van der Waals surface area contributed by atoms with Gasteiger partial charge in [-0.2, -0.15) is 11.8 Å². The molecule has 2 aliphatic heterocycles. The molecule has 0 spiro atoms. The van der Waals surface area contributed by atoms with E-state index in [-0.39, 0.29) is 6.03 Å². The second-order valence-electron chi connectivity index (χ2n) is 5.80. The molecule has 2 unspecified atom stereocenters. The molecule has 2 aliphatic rings. The molecule has 5 nitrogen and oxygen atoms in total. The third-order valence-electron chi connectivity index (χ3n) is 4.24. The van der Waals surface area contributed by atoms with E-state index in [2.05, 4.69) is 0 Å². The molecular weight excluding hydrogens is 264 g/mol. The first-order valence-electron chi connectivity index (χ1n) is 6.77. The van der Waals surface area contributed by atoms with E-state index in [0.29, 0.717) is 25.6 Å². The average Bonchev–Trinajstić information content (AvgIpc) is 2.90. The molecule has 2 atom stereocenters. The molecule has 2 amide bonds. The number of hydrogen-bond acceptors (Lipinski definition) is 3. The molecule has 0 aromatic heterocycles.